The van der Waals surface area contributed by atoms with Crippen LogP contribution in [0, 0.1) is 11.7 Å². The average Bonchev–Trinajstić information content (AvgIpc) is 3.04. The molecule has 0 aliphatic heterocycles. The second-order valence-electron chi connectivity index (χ2n) is 7.19. The highest BCUT2D eigenvalue weighted by Crippen LogP contribution is 2.29. The first-order valence-corrected chi connectivity index (χ1v) is 9.22. The summed E-state index contributed by atoms with van der Waals surface area (Å²) in [5.74, 6) is 0.269. The molecule has 1 N–H and O–H groups in total. The van der Waals surface area contributed by atoms with Gasteiger partial charge in [0.15, 0.2) is 0 Å². The van der Waals surface area contributed by atoms with Crippen LogP contribution in [0.1, 0.15) is 30.5 Å². The van der Waals surface area contributed by atoms with Crippen LogP contribution in [-0.2, 0) is 17.8 Å². The largest absolute Gasteiger partial charge is 0.352 e. The van der Waals surface area contributed by atoms with Crippen LogP contribution in [0.5, 0.6) is 0 Å². The van der Waals surface area contributed by atoms with Crippen molar-refractivity contribution in [2.45, 2.75) is 38.3 Å². The molecule has 1 aromatic heterocycles. The first-order valence-electron chi connectivity index (χ1n) is 9.22. The lowest BCUT2D eigenvalue weighted by Crippen LogP contribution is -2.42. The summed E-state index contributed by atoms with van der Waals surface area (Å²) in [6.45, 7) is 1.01. The Morgan fingerprint density at radius 3 is 2.77 bits per heavy atom. The van der Waals surface area contributed by atoms with Crippen LogP contribution in [0.15, 0.2) is 48.7 Å². The number of carbonyl (C=O) groups is 1. The minimum atomic E-state index is -0.207. The third-order valence-electron chi connectivity index (χ3n) is 4.99. The lowest BCUT2D eigenvalue weighted by molar-refractivity contribution is -0.123. The van der Waals surface area contributed by atoms with E-state index in [0.717, 1.165) is 36.9 Å². The molecule has 0 bridgehead atoms. The van der Waals surface area contributed by atoms with Crippen LogP contribution in [-0.4, -0.2) is 35.4 Å². The molecule has 26 heavy (non-hydrogen) atoms. The van der Waals surface area contributed by atoms with Gasteiger partial charge in [0.1, 0.15) is 5.82 Å². The maximum Gasteiger partial charge on any atom is 0.234 e. The van der Waals surface area contributed by atoms with E-state index in [4.69, 9.17) is 0 Å². The number of aromatic nitrogens is 1. The van der Waals surface area contributed by atoms with Crippen molar-refractivity contribution >= 4 is 5.91 Å². The summed E-state index contributed by atoms with van der Waals surface area (Å²) >= 11 is 0. The van der Waals surface area contributed by atoms with Crippen molar-refractivity contribution in [1.82, 2.24) is 15.2 Å². The monoisotopic (exact) mass is 355 g/mol. The molecule has 2 aromatic rings. The molecule has 0 radical (unpaired) electrons. The second kappa shape index (κ2) is 8.90. The number of halogens is 1. The molecule has 1 aromatic carbocycles. The zero-order valence-corrected chi connectivity index (χ0v) is 15.2. The van der Waals surface area contributed by atoms with E-state index in [-0.39, 0.29) is 17.8 Å². The van der Waals surface area contributed by atoms with E-state index in [1.54, 1.807) is 6.20 Å². The normalized spacial score (nSPS) is 19.7. The number of hydrogen-bond acceptors (Lipinski definition) is 3. The molecule has 138 valence electrons. The molecule has 1 aliphatic rings. The maximum atomic E-state index is 13.1. The van der Waals surface area contributed by atoms with E-state index in [2.05, 4.69) is 10.3 Å². The molecule has 1 saturated carbocycles. The third kappa shape index (κ3) is 5.36. The molecule has 0 spiro atoms. The maximum absolute atomic E-state index is 13.1. The Morgan fingerprint density at radius 2 is 2.04 bits per heavy atom. The van der Waals surface area contributed by atoms with Gasteiger partial charge < -0.3 is 5.32 Å². The van der Waals surface area contributed by atoms with Crippen molar-refractivity contribution in [3.05, 3.63) is 65.7 Å². The van der Waals surface area contributed by atoms with Crippen LogP contribution < -0.4 is 5.32 Å². The van der Waals surface area contributed by atoms with Gasteiger partial charge in [-0.3, -0.25) is 14.7 Å². The molecule has 1 fully saturated rings. The second-order valence-corrected chi connectivity index (χ2v) is 7.19. The van der Waals surface area contributed by atoms with Crippen LogP contribution in [0.4, 0.5) is 4.39 Å². The lowest BCUT2D eigenvalue weighted by Gasteiger charge is -2.23. The van der Waals surface area contributed by atoms with Gasteiger partial charge in [-0.15, -0.1) is 0 Å². The predicted molar refractivity (Wildman–Crippen MR) is 99.9 cm³/mol. The lowest BCUT2D eigenvalue weighted by atomic mass is 9.94. The van der Waals surface area contributed by atoms with Gasteiger partial charge in [0.05, 0.1) is 12.2 Å². The van der Waals surface area contributed by atoms with Gasteiger partial charge >= 0.3 is 0 Å². The molecule has 5 heteroatoms. The highest BCUT2D eigenvalue weighted by atomic mass is 19.1. The molecule has 0 saturated heterocycles. The minimum Gasteiger partial charge on any atom is -0.352 e. The molecular weight excluding hydrogens is 329 g/mol. The Kier molecular flexibility index (Phi) is 6.34. The molecular formula is C21H26FN3O. The van der Waals surface area contributed by atoms with Crippen LogP contribution in [0.3, 0.4) is 0 Å². The molecule has 1 aliphatic carbocycles. The zero-order chi connectivity index (χ0) is 18.4. The van der Waals surface area contributed by atoms with Gasteiger partial charge in [-0.2, -0.15) is 0 Å². The highest BCUT2D eigenvalue weighted by Gasteiger charge is 2.28. The Hall–Kier alpha value is -2.27. The predicted octanol–water partition coefficient (Wildman–Crippen LogP) is 3.18. The van der Waals surface area contributed by atoms with Gasteiger partial charge in [-0.05, 0) is 62.1 Å². The van der Waals surface area contributed by atoms with Gasteiger partial charge in [0.2, 0.25) is 5.91 Å². The third-order valence-corrected chi connectivity index (χ3v) is 4.99. The standard InChI is InChI=1S/C21H26FN3O/c1-25(14-19-6-2-3-12-23-19)15-21(26)24-20-7-4-5-17(20)13-16-8-10-18(22)11-9-16/h2-3,6,8-12,17,20H,4-5,7,13-15H2,1H3,(H,24,26)/t17-,20-/m0/s1. The summed E-state index contributed by atoms with van der Waals surface area (Å²) in [6.07, 6.45) is 5.89. The van der Waals surface area contributed by atoms with E-state index in [9.17, 15) is 9.18 Å². The number of nitrogens with zero attached hydrogens (tertiary/aromatic N) is 2. The number of hydrogen-bond donors (Lipinski definition) is 1. The summed E-state index contributed by atoms with van der Waals surface area (Å²) in [5, 5.41) is 3.20. The average molecular weight is 355 g/mol. The van der Waals surface area contributed by atoms with Crippen LogP contribution in [0.2, 0.25) is 0 Å². The topological polar surface area (TPSA) is 45.2 Å². The summed E-state index contributed by atoms with van der Waals surface area (Å²) in [7, 11) is 1.93. The smallest absolute Gasteiger partial charge is 0.234 e. The highest BCUT2D eigenvalue weighted by molar-refractivity contribution is 5.78. The Labute approximate surface area is 154 Å². The molecule has 0 unspecified atom stereocenters. The summed E-state index contributed by atoms with van der Waals surface area (Å²) in [4.78, 5) is 18.7. The van der Waals surface area contributed by atoms with Gasteiger partial charge in [0, 0.05) is 18.8 Å². The zero-order valence-electron chi connectivity index (χ0n) is 15.2. The molecule has 1 heterocycles. The van der Waals surface area contributed by atoms with Crippen molar-refractivity contribution < 1.29 is 9.18 Å². The van der Waals surface area contributed by atoms with E-state index < -0.39 is 0 Å². The summed E-state index contributed by atoms with van der Waals surface area (Å²) in [6, 6.07) is 12.7. The first-order chi connectivity index (χ1) is 12.6. The van der Waals surface area contributed by atoms with E-state index >= 15 is 0 Å². The van der Waals surface area contributed by atoms with Gasteiger partial charge in [-0.25, -0.2) is 4.39 Å². The quantitative estimate of drug-likeness (QED) is 0.830. The Balaban J connectivity index is 1.48. The fourth-order valence-electron chi connectivity index (χ4n) is 3.72. The number of benzene rings is 1. The molecule has 2 atom stereocenters. The summed E-state index contributed by atoms with van der Waals surface area (Å²) in [5.41, 5.74) is 2.09. The van der Waals surface area contributed by atoms with E-state index in [1.165, 1.54) is 12.1 Å². The summed E-state index contributed by atoms with van der Waals surface area (Å²) < 4.78 is 13.1. The van der Waals surface area contributed by atoms with Gasteiger partial charge in [-0.1, -0.05) is 24.6 Å². The number of likely N-dealkylation sites (N-methyl/N-ethyl adjacent to an activating group) is 1. The van der Waals surface area contributed by atoms with Crippen molar-refractivity contribution in [2.24, 2.45) is 5.92 Å². The SMILES string of the molecule is CN(CC(=O)N[C@H]1CCC[C@H]1Cc1ccc(F)cc1)Cc1ccccn1. The number of carbonyl (C=O) groups excluding carboxylic acids is 1. The number of rotatable bonds is 7. The first kappa shape index (κ1) is 18.5. The molecule has 4 nitrogen and oxygen atoms in total. The number of amides is 1. The van der Waals surface area contributed by atoms with Crippen molar-refractivity contribution in [2.75, 3.05) is 13.6 Å². The van der Waals surface area contributed by atoms with Crippen LogP contribution in [0.25, 0.3) is 0 Å². The number of nitrogens with one attached hydrogen (secondary N) is 1. The fraction of sp³-hybridized carbons (Fsp3) is 0.429. The van der Waals surface area contributed by atoms with Gasteiger partial charge in [0.25, 0.3) is 0 Å². The van der Waals surface area contributed by atoms with Crippen molar-refractivity contribution in [3.63, 3.8) is 0 Å². The van der Waals surface area contributed by atoms with Crippen molar-refractivity contribution in [3.8, 4) is 0 Å². The fourth-order valence-corrected chi connectivity index (χ4v) is 3.72. The van der Waals surface area contributed by atoms with Crippen molar-refractivity contribution in [1.29, 1.82) is 0 Å². The molecule has 3 rings (SSSR count). The number of pyridine rings is 1. The van der Waals surface area contributed by atoms with E-state index in [1.807, 2.05) is 42.3 Å². The van der Waals surface area contributed by atoms with E-state index in [0.29, 0.717) is 19.0 Å². The minimum absolute atomic E-state index is 0.0550. The molecule has 1 amide bonds. The van der Waals surface area contributed by atoms with Crippen LogP contribution >= 0.6 is 0 Å². The Bertz CT molecular complexity index is 705. The Morgan fingerprint density at radius 1 is 1.23 bits per heavy atom.